The second-order valence-corrected chi connectivity index (χ2v) is 7.08. The summed E-state index contributed by atoms with van der Waals surface area (Å²) in [5, 5.41) is 4.25. The fourth-order valence-corrected chi connectivity index (χ4v) is 3.36. The normalized spacial score (nSPS) is 11.5. The lowest BCUT2D eigenvalue weighted by atomic mass is 10.1. The maximum absolute atomic E-state index is 12.9. The van der Waals surface area contributed by atoms with Crippen LogP contribution in [-0.4, -0.2) is 29.3 Å². The molecule has 170 valence electrons. The fraction of sp³-hybridized carbons (Fsp3) is 0.333. The summed E-state index contributed by atoms with van der Waals surface area (Å²) in [4.78, 5) is 24.0. The predicted molar refractivity (Wildman–Crippen MR) is 117 cm³/mol. The number of hydrogen-bond donors (Lipinski definition) is 1. The molecule has 3 aromatic heterocycles. The summed E-state index contributed by atoms with van der Waals surface area (Å²) < 4.78 is 41.5. The maximum Gasteiger partial charge on any atom is 0.416 e. The van der Waals surface area contributed by atoms with E-state index in [1.165, 1.54) is 21.5 Å². The molecule has 3 heterocycles. The molecule has 0 aliphatic carbocycles. The zero-order valence-corrected chi connectivity index (χ0v) is 18.5. The summed E-state index contributed by atoms with van der Waals surface area (Å²) in [6.07, 6.45) is -0.545. The lowest BCUT2D eigenvalue weighted by Gasteiger charge is -2.08. The van der Waals surface area contributed by atoms with Crippen LogP contribution in [0.15, 0.2) is 41.5 Å². The van der Waals surface area contributed by atoms with E-state index in [1.54, 1.807) is 12.3 Å². The van der Waals surface area contributed by atoms with E-state index in [9.17, 15) is 18.0 Å². The van der Waals surface area contributed by atoms with Crippen LogP contribution in [0.2, 0.25) is 5.28 Å². The molecule has 1 aromatic carbocycles. The third kappa shape index (κ3) is 4.85. The first kappa shape index (κ1) is 23.5. The minimum atomic E-state index is -4.40. The molecular formula is C21H22ClF3N6O. The Morgan fingerprint density at radius 3 is 2.62 bits per heavy atom. The molecule has 0 unspecified atom stereocenters. The fourth-order valence-electron chi connectivity index (χ4n) is 3.12. The number of imidazole rings is 1. The SMILES string of the molecule is CC.CCCn1c(Cl)nc2nc(-c3cnn(Cc4cccc(C(F)(F)F)c4)c3)[nH]c2c1=O. The molecule has 7 nitrogen and oxygen atoms in total. The lowest BCUT2D eigenvalue weighted by Crippen LogP contribution is -2.22. The number of benzene rings is 1. The zero-order valence-electron chi connectivity index (χ0n) is 17.7. The van der Waals surface area contributed by atoms with Crippen molar-refractivity contribution < 1.29 is 13.2 Å². The van der Waals surface area contributed by atoms with Crippen molar-refractivity contribution >= 4 is 22.8 Å². The van der Waals surface area contributed by atoms with Crippen molar-refractivity contribution in [1.29, 1.82) is 0 Å². The van der Waals surface area contributed by atoms with Gasteiger partial charge in [0.15, 0.2) is 11.2 Å². The highest BCUT2D eigenvalue weighted by molar-refractivity contribution is 6.28. The van der Waals surface area contributed by atoms with Crippen molar-refractivity contribution in [2.24, 2.45) is 0 Å². The number of aromatic amines is 1. The summed E-state index contributed by atoms with van der Waals surface area (Å²) >= 11 is 6.08. The Morgan fingerprint density at radius 2 is 1.94 bits per heavy atom. The zero-order chi connectivity index (χ0) is 23.5. The number of nitrogens with one attached hydrogen (secondary N) is 1. The van der Waals surface area contributed by atoms with Crippen molar-refractivity contribution in [1.82, 2.24) is 29.3 Å². The van der Waals surface area contributed by atoms with Crippen LogP contribution in [0.1, 0.15) is 38.3 Å². The first-order chi connectivity index (χ1) is 15.3. The van der Waals surface area contributed by atoms with E-state index in [0.717, 1.165) is 18.6 Å². The second kappa shape index (κ2) is 9.56. The predicted octanol–water partition coefficient (Wildman–Crippen LogP) is 5.14. The first-order valence-corrected chi connectivity index (χ1v) is 10.5. The van der Waals surface area contributed by atoms with Gasteiger partial charge in [-0.25, -0.2) is 4.98 Å². The van der Waals surface area contributed by atoms with Gasteiger partial charge in [-0.15, -0.1) is 0 Å². The Morgan fingerprint density at radius 1 is 1.19 bits per heavy atom. The lowest BCUT2D eigenvalue weighted by molar-refractivity contribution is -0.137. The van der Waals surface area contributed by atoms with Crippen LogP contribution in [0.4, 0.5) is 13.2 Å². The highest BCUT2D eigenvalue weighted by Gasteiger charge is 2.30. The Kier molecular flexibility index (Phi) is 7.02. The van der Waals surface area contributed by atoms with Gasteiger partial charge in [-0.1, -0.05) is 32.9 Å². The van der Waals surface area contributed by atoms with Gasteiger partial charge in [0.25, 0.3) is 5.56 Å². The Labute approximate surface area is 186 Å². The number of alkyl halides is 3. The van der Waals surface area contributed by atoms with Crippen LogP contribution < -0.4 is 5.56 Å². The molecule has 0 amide bonds. The topological polar surface area (TPSA) is 81.4 Å². The molecule has 0 saturated heterocycles. The van der Waals surface area contributed by atoms with Crippen LogP contribution in [0.5, 0.6) is 0 Å². The van der Waals surface area contributed by atoms with Crippen molar-refractivity contribution in [3.63, 3.8) is 0 Å². The van der Waals surface area contributed by atoms with Gasteiger partial charge in [0, 0.05) is 12.7 Å². The molecule has 0 radical (unpaired) electrons. The van der Waals surface area contributed by atoms with E-state index in [0.29, 0.717) is 23.5 Å². The molecule has 0 saturated carbocycles. The molecule has 0 bridgehead atoms. The standard InChI is InChI=1S/C19H16ClF3N6O.C2H6/c1-2-6-29-17(30)14-16(27-18(29)20)26-15(25-14)12-8-24-28(10-12)9-11-4-3-5-13(7-11)19(21,22)23;1-2/h3-5,7-8,10H,2,6,9H2,1H3,(H,25,26);1-2H3. The number of aromatic nitrogens is 6. The van der Waals surface area contributed by atoms with Gasteiger partial charge in [0.05, 0.1) is 23.9 Å². The van der Waals surface area contributed by atoms with E-state index in [4.69, 9.17) is 11.6 Å². The molecule has 4 aromatic rings. The smallest absolute Gasteiger partial charge is 0.332 e. The highest BCUT2D eigenvalue weighted by Crippen LogP contribution is 2.29. The summed E-state index contributed by atoms with van der Waals surface area (Å²) in [7, 11) is 0. The van der Waals surface area contributed by atoms with Crippen molar-refractivity contribution in [2.75, 3.05) is 0 Å². The van der Waals surface area contributed by atoms with Crippen LogP contribution in [0.25, 0.3) is 22.6 Å². The summed E-state index contributed by atoms with van der Waals surface area (Å²) in [5.74, 6) is 0.371. The molecule has 11 heteroatoms. The average Bonchev–Trinajstić information content (AvgIpc) is 3.39. The second-order valence-electron chi connectivity index (χ2n) is 6.75. The van der Waals surface area contributed by atoms with Gasteiger partial charge >= 0.3 is 6.18 Å². The average molecular weight is 467 g/mol. The number of rotatable bonds is 5. The first-order valence-electron chi connectivity index (χ1n) is 10.1. The van der Waals surface area contributed by atoms with Crippen molar-refractivity contribution in [3.8, 4) is 11.4 Å². The summed E-state index contributed by atoms with van der Waals surface area (Å²) in [6.45, 7) is 6.51. The number of nitrogens with zero attached hydrogens (tertiary/aromatic N) is 5. The third-order valence-electron chi connectivity index (χ3n) is 4.52. The molecule has 0 aliphatic heterocycles. The molecule has 0 atom stereocenters. The Balaban J connectivity index is 0.00000141. The van der Waals surface area contributed by atoms with E-state index in [-0.39, 0.29) is 28.6 Å². The van der Waals surface area contributed by atoms with E-state index < -0.39 is 11.7 Å². The van der Waals surface area contributed by atoms with Gasteiger partial charge in [0.1, 0.15) is 5.82 Å². The molecular weight excluding hydrogens is 445 g/mol. The van der Waals surface area contributed by atoms with Crippen LogP contribution in [0.3, 0.4) is 0 Å². The molecule has 0 spiro atoms. The van der Waals surface area contributed by atoms with Crippen LogP contribution in [0, 0.1) is 0 Å². The van der Waals surface area contributed by atoms with E-state index in [1.807, 2.05) is 20.8 Å². The van der Waals surface area contributed by atoms with Crippen molar-refractivity contribution in [3.05, 3.63) is 63.4 Å². The molecule has 0 fully saturated rings. The molecule has 0 aliphatic rings. The highest BCUT2D eigenvalue weighted by atomic mass is 35.5. The van der Waals surface area contributed by atoms with Crippen LogP contribution >= 0.6 is 11.6 Å². The number of halogens is 4. The number of hydrogen-bond acceptors (Lipinski definition) is 4. The van der Waals surface area contributed by atoms with E-state index >= 15 is 0 Å². The molecule has 1 N–H and O–H groups in total. The van der Waals surface area contributed by atoms with Gasteiger partial charge in [-0.3, -0.25) is 14.0 Å². The van der Waals surface area contributed by atoms with E-state index in [2.05, 4.69) is 20.1 Å². The number of H-pyrrole nitrogens is 1. The Bertz CT molecular complexity index is 1270. The Hall–Kier alpha value is -3.14. The van der Waals surface area contributed by atoms with Gasteiger partial charge in [-0.2, -0.15) is 23.3 Å². The minimum absolute atomic E-state index is 0.0626. The number of fused-ring (bicyclic) bond motifs is 1. The third-order valence-corrected chi connectivity index (χ3v) is 4.81. The monoisotopic (exact) mass is 466 g/mol. The minimum Gasteiger partial charge on any atom is -0.332 e. The van der Waals surface area contributed by atoms with Crippen LogP contribution in [-0.2, 0) is 19.3 Å². The molecule has 32 heavy (non-hydrogen) atoms. The van der Waals surface area contributed by atoms with Gasteiger partial charge < -0.3 is 4.98 Å². The van der Waals surface area contributed by atoms with Crippen molar-refractivity contribution in [2.45, 2.75) is 46.5 Å². The van der Waals surface area contributed by atoms with Gasteiger partial charge in [-0.05, 0) is 35.7 Å². The summed E-state index contributed by atoms with van der Waals surface area (Å²) in [6, 6.07) is 5.07. The summed E-state index contributed by atoms with van der Waals surface area (Å²) in [5.41, 5.74) is 0.418. The quantitative estimate of drug-likeness (QED) is 0.413. The maximum atomic E-state index is 12.9. The molecule has 4 rings (SSSR count). The van der Waals surface area contributed by atoms with Gasteiger partial charge in [0.2, 0.25) is 5.28 Å². The largest absolute Gasteiger partial charge is 0.416 e.